The van der Waals surface area contributed by atoms with Gasteiger partial charge in [-0.15, -0.1) is 0 Å². The first-order chi connectivity index (χ1) is 8.58. The van der Waals surface area contributed by atoms with Gasteiger partial charge in [-0.25, -0.2) is 9.79 Å². The van der Waals surface area contributed by atoms with E-state index in [2.05, 4.69) is 4.99 Å². The van der Waals surface area contributed by atoms with Crippen molar-refractivity contribution in [2.75, 3.05) is 0 Å². The average molecular weight is 285 g/mol. The first-order valence-corrected chi connectivity index (χ1v) is 4.78. The van der Waals surface area contributed by atoms with Gasteiger partial charge in [0, 0.05) is 6.20 Å². The molecule has 2 aliphatic rings. The Labute approximate surface area is 102 Å². The van der Waals surface area contributed by atoms with E-state index in [1.54, 1.807) is 0 Å². The molecule has 4 nitrogen and oxygen atoms in total. The second-order valence-corrected chi connectivity index (χ2v) is 3.68. The molecule has 0 aromatic heterocycles. The highest BCUT2D eigenvalue weighted by molar-refractivity contribution is 6.07. The molecule has 19 heavy (non-hydrogen) atoms. The summed E-state index contributed by atoms with van der Waals surface area (Å²) in [6, 6.07) is -1.56. The maximum absolute atomic E-state index is 12.7. The molecular weight excluding hydrogens is 280 g/mol. The van der Waals surface area contributed by atoms with E-state index in [0.29, 0.717) is 4.90 Å². The Morgan fingerprint density at radius 2 is 1.68 bits per heavy atom. The highest BCUT2D eigenvalue weighted by Crippen LogP contribution is 2.45. The Hall–Kier alpha value is -2.00. The number of carbonyl (C=O) groups excluding carboxylic acids is 1. The van der Waals surface area contributed by atoms with Crippen molar-refractivity contribution in [3.05, 3.63) is 24.4 Å². The number of amides is 2. The first-order valence-electron chi connectivity index (χ1n) is 4.78. The molecule has 0 aromatic carbocycles. The number of halogens is 6. The molecular formula is C9H5F6N3O. The molecule has 2 amide bonds. The van der Waals surface area contributed by atoms with Crippen LogP contribution in [0.25, 0.3) is 0 Å². The Balaban J connectivity index is 2.62. The van der Waals surface area contributed by atoms with Gasteiger partial charge in [0.05, 0.1) is 0 Å². The van der Waals surface area contributed by atoms with E-state index >= 15 is 0 Å². The van der Waals surface area contributed by atoms with Crippen LogP contribution in [0.2, 0.25) is 0 Å². The summed E-state index contributed by atoms with van der Waals surface area (Å²) >= 11 is 0. The van der Waals surface area contributed by atoms with Crippen LogP contribution in [0.4, 0.5) is 31.1 Å². The smallest absolute Gasteiger partial charge is 0.297 e. The molecule has 0 aromatic rings. The third-order valence-electron chi connectivity index (χ3n) is 2.45. The summed E-state index contributed by atoms with van der Waals surface area (Å²) in [6.07, 6.45) is -7.29. The van der Waals surface area contributed by atoms with E-state index in [9.17, 15) is 31.1 Å². The zero-order chi connectivity index (χ0) is 14.5. The van der Waals surface area contributed by atoms with Crippen molar-refractivity contribution in [2.24, 2.45) is 4.99 Å². The molecule has 1 N–H and O–H groups in total. The van der Waals surface area contributed by atoms with Crippen molar-refractivity contribution in [1.82, 2.24) is 10.2 Å². The molecule has 0 saturated heterocycles. The van der Waals surface area contributed by atoms with Gasteiger partial charge < -0.3 is 0 Å². The lowest BCUT2D eigenvalue weighted by Gasteiger charge is -2.40. The Morgan fingerprint density at radius 3 is 2.21 bits per heavy atom. The molecule has 0 unspecified atom stereocenters. The summed E-state index contributed by atoms with van der Waals surface area (Å²) in [6.45, 7) is 0. The Kier molecular flexibility index (Phi) is 2.65. The summed E-state index contributed by atoms with van der Waals surface area (Å²) in [5.74, 6) is -0.735. The highest BCUT2D eigenvalue weighted by atomic mass is 19.4. The maximum atomic E-state index is 12.7. The number of amidine groups is 1. The van der Waals surface area contributed by atoms with Crippen LogP contribution in [0.3, 0.4) is 0 Å². The van der Waals surface area contributed by atoms with E-state index in [1.165, 1.54) is 12.2 Å². The van der Waals surface area contributed by atoms with Gasteiger partial charge in [-0.2, -0.15) is 26.3 Å². The van der Waals surface area contributed by atoms with Gasteiger partial charge in [0.2, 0.25) is 0 Å². The molecule has 0 radical (unpaired) electrons. The predicted molar refractivity (Wildman–Crippen MR) is 50.9 cm³/mol. The van der Waals surface area contributed by atoms with E-state index in [0.717, 1.165) is 17.6 Å². The van der Waals surface area contributed by atoms with Crippen molar-refractivity contribution in [1.29, 1.82) is 0 Å². The van der Waals surface area contributed by atoms with Crippen LogP contribution in [0, 0.1) is 0 Å². The van der Waals surface area contributed by atoms with E-state index in [-0.39, 0.29) is 0 Å². The molecule has 2 heterocycles. The predicted octanol–water partition coefficient (Wildman–Crippen LogP) is 2.31. The fourth-order valence-electron chi connectivity index (χ4n) is 1.54. The number of fused-ring (bicyclic) bond motifs is 1. The fourth-order valence-corrected chi connectivity index (χ4v) is 1.54. The summed E-state index contributed by atoms with van der Waals surface area (Å²) < 4.78 is 76.3. The highest BCUT2D eigenvalue weighted by Gasteiger charge is 2.74. The molecule has 0 atom stereocenters. The fraction of sp³-hybridized carbons (Fsp3) is 0.333. The number of alkyl halides is 6. The Bertz CT molecular complexity index is 487. The Morgan fingerprint density at radius 1 is 1.11 bits per heavy atom. The van der Waals surface area contributed by atoms with E-state index < -0.39 is 29.9 Å². The lowest BCUT2D eigenvalue weighted by Crippen LogP contribution is -2.71. The lowest BCUT2D eigenvalue weighted by molar-refractivity contribution is -0.302. The maximum Gasteiger partial charge on any atom is 0.441 e. The molecule has 0 aliphatic carbocycles. The number of aliphatic imine (C=N–C) groups is 1. The SMILES string of the molecule is O=C1NC(C(F)(F)F)(C(F)(F)F)N=C2C=CC=CN12. The minimum Gasteiger partial charge on any atom is -0.297 e. The number of hydrogen-bond donors (Lipinski definition) is 1. The third kappa shape index (κ3) is 1.87. The van der Waals surface area contributed by atoms with Crippen molar-refractivity contribution < 1.29 is 31.1 Å². The largest absolute Gasteiger partial charge is 0.441 e. The number of urea groups is 1. The molecule has 0 saturated carbocycles. The standard InChI is InChI=1S/C9H5F6N3O/c10-8(11,12)7(9(13,14)15)16-5-3-1-2-4-18(5)6(19)17-7/h1-4H,(H,17,19). The molecule has 2 rings (SSSR count). The molecule has 10 heteroatoms. The molecule has 2 aliphatic heterocycles. The topological polar surface area (TPSA) is 44.7 Å². The van der Waals surface area contributed by atoms with Crippen LogP contribution in [-0.2, 0) is 0 Å². The quantitative estimate of drug-likeness (QED) is 0.682. The van der Waals surface area contributed by atoms with Gasteiger partial charge in [0.25, 0.3) is 0 Å². The number of rotatable bonds is 0. The number of nitrogens with one attached hydrogen (secondary N) is 1. The monoisotopic (exact) mass is 285 g/mol. The second kappa shape index (κ2) is 3.75. The summed E-state index contributed by atoms with van der Waals surface area (Å²) in [7, 11) is 0. The van der Waals surface area contributed by atoms with Gasteiger partial charge in [-0.05, 0) is 12.2 Å². The van der Waals surface area contributed by atoms with Crippen LogP contribution >= 0.6 is 0 Å². The number of allylic oxidation sites excluding steroid dienone is 2. The summed E-state index contributed by atoms with van der Waals surface area (Å²) in [5, 5.41) is 0.873. The number of carbonyl (C=O) groups is 1. The zero-order valence-corrected chi connectivity index (χ0v) is 8.88. The van der Waals surface area contributed by atoms with Crippen LogP contribution < -0.4 is 5.32 Å². The molecule has 0 spiro atoms. The van der Waals surface area contributed by atoms with E-state index in [1.807, 2.05) is 0 Å². The third-order valence-corrected chi connectivity index (χ3v) is 2.45. The van der Waals surface area contributed by atoms with Gasteiger partial charge in [-0.1, -0.05) is 6.08 Å². The number of hydrogen-bond acceptors (Lipinski definition) is 2. The summed E-state index contributed by atoms with van der Waals surface area (Å²) in [4.78, 5) is 14.6. The van der Waals surface area contributed by atoms with Crippen LogP contribution in [-0.4, -0.2) is 34.8 Å². The minimum atomic E-state index is -5.81. The second-order valence-electron chi connectivity index (χ2n) is 3.68. The van der Waals surface area contributed by atoms with Crippen LogP contribution in [0.1, 0.15) is 0 Å². The van der Waals surface area contributed by atoms with Crippen molar-refractivity contribution in [3.63, 3.8) is 0 Å². The minimum absolute atomic E-state index is 0.551. The van der Waals surface area contributed by atoms with E-state index in [4.69, 9.17) is 0 Å². The van der Waals surface area contributed by atoms with Crippen molar-refractivity contribution in [2.45, 2.75) is 18.0 Å². The van der Waals surface area contributed by atoms with Crippen LogP contribution in [0.5, 0.6) is 0 Å². The van der Waals surface area contributed by atoms with Gasteiger partial charge >= 0.3 is 24.0 Å². The zero-order valence-electron chi connectivity index (χ0n) is 8.88. The molecule has 0 fully saturated rings. The molecule has 0 bridgehead atoms. The average Bonchev–Trinajstić information content (AvgIpc) is 2.26. The normalized spacial score (nSPS) is 21.9. The van der Waals surface area contributed by atoms with Crippen molar-refractivity contribution >= 4 is 11.9 Å². The van der Waals surface area contributed by atoms with Crippen molar-refractivity contribution in [3.8, 4) is 0 Å². The summed E-state index contributed by atoms with van der Waals surface area (Å²) in [5.41, 5.74) is -4.63. The van der Waals surface area contributed by atoms with Gasteiger partial charge in [-0.3, -0.25) is 10.2 Å². The van der Waals surface area contributed by atoms with Gasteiger partial charge in [0.15, 0.2) is 0 Å². The van der Waals surface area contributed by atoms with Crippen LogP contribution in [0.15, 0.2) is 29.4 Å². The first kappa shape index (κ1) is 13.4. The number of nitrogens with zero attached hydrogens (tertiary/aromatic N) is 2. The lowest BCUT2D eigenvalue weighted by atomic mass is 10.1. The van der Waals surface area contributed by atoms with Gasteiger partial charge in [0.1, 0.15) is 5.84 Å². The molecule has 104 valence electrons.